The van der Waals surface area contributed by atoms with Crippen molar-refractivity contribution in [1.82, 2.24) is 10.9 Å². The molecule has 0 unspecified atom stereocenters. The van der Waals surface area contributed by atoms with E-state index >= 15 is 0 Å². The Hall–Kier alpha value is -5.00. The smallest absolute Gasteiger partial charge is 0.271 e. The lowest BCUT2D eigenvalue weighted by molar-refractivity contribution is -0.00487. The Kier molecular flexibility index (Phi) is 45.3. The maximum Gasteiger partial charge on any atom is 0.271 e. The van der Waals surface area contributed by atoms with E-state index in [-0.39, 0.29) is 23.4 Å². The molecule has 16 nitrogen and oxygen atoms in total. The number of rotatable bonds is 57. The van der Waals surface area contributed by atoms with E-state index in [0.717, 1.165) is 26.1 Å². The van der Waals surface area contributed by atoms with Crippen molar-refractivity contribution < 1.29 is 65.7 Å². The van der Waals surface area contributed by atoms with Crippen LogP contribution in [0.15, 0.2) is 107 Å². The fourth-order valence-electron chi connectivity index (χ4n) is 8.25. The van der Waals surface area contributed by atoms with E-state index in [1.54, 1.807) is 72.8 Å². The molecule has 20 heteroatoms. The average Bonchev–Trinajstić information content (AvgIpc) is 3.69. The number of carbonyl (C=O) groups excluding carboxylic acids is 2. The maximum atomic E-state index is 13.0. The summed E-state index contributed by atoms with van der Waals surface area (Å²) in [7, 11) is 4.14. The normalized spacial score (nSPS) is 11.5. The van der Waals surface area contributed by atoms with Crippen LogP contribution in [0.25, 0.3) is 0 Å². The van der Waals surface area contributed by atoms with Crippen molar-refractivity contribution in [3.05, 3.63) is 131 Å². The van der Waals surface area contributed by atoms with Crippen LogP contribution in [0.3, 0.4) is 0 Å². The van der Waals surface area contributed by atoms with Crippen LogP contribution in [-0.2, 0) is 37.9 Å². The van der Waals surface area contributed by atoms with E-state index in [1.807, 2.05) is 0 Å². The predicted octanol–water partition coefficient (Wildman–Crippen LogP) is 13.5. The van der Waals surface area contributed by atoms with Gasteiger partial charge in [-0.3, -0.25) is 9.59 Å². The summed E-state index contributed by atoms with van der Waals surface area (Å²) in [6, 6.07) is 25.1. The molecular weight excluding hydrogens is 1140 g/mol. The third-order valence-corrected chi connectivity index (χ3v) is 15.7. The van der Waals surface area contributed by atoms with Gasteiger partial charge in [0.2, 0.25) is 0 Å². The summed E-state index contributed by atoms with van der Waals surface area (Å²) in [4.78, 5) is 24.6. The first-order valence-electron chi connectivity index (χ1n) is 31.0. The zero-order valence-electron chi connectivity index (χ0n) is 50.6. The first-order valence-corrected chi connectivity index (χ1v) is 33.4. The molecule has 0 saturated heterocycles. The van der Waals surface area contributed by atoms with Gasteiger partial charge < -0.3 is 47.4 Å². The lowest BCUT2D eigenvalue weighted by atomic mass is 10.1. The van der Waals surface area contributed by atoms with Crippen LogP contribution in [0.2, 0.25) is 0 Å². The van der Waals surface area contributed by atoms with E-state index < -0.39 is 0 Å². The highest BCUT2D eigenvalue weighted by Crippen LogP contribution is 2.25. The highest BCUT2D eigenvalue weighted by Gasteiger charge is 2.07. The molecule has 0 atom stereocenters. The number of nitrogens with zero attached hydrogens (tertiary/aromatic N) is 2. The number of unbranched alkanes of at least 4 members (excludes halogenated alkanes) is 16. The minimum absolute atomic E-state index is 0.332. The molecule has 0 fully saturated rings. The van der Waals surface area contributed by atoms with Crippen LogP contribution < -0.4 is 20.3 Å². The summed E-state index contributed by atoms with van der Waals surface area (Å²) in [6.07, 6.45) is 26.3. The van der Waals surface area contributed by atoms with E-state index in [2.05, 4.69) is 42.6 Å². The number of ether oxygens (including phenoxy) is 10. The monoisotopic (exact) mass is 1240 g/mol. The molecule has 0 radical (unpaired) electrons. The Morgan fingerprint density at radius 2 is 0.581 bits per heavy atom. The summed E-state index contributed by atoms with van der Waals surface area (Å²) in [5.41, 5.74) is 7.13. The zero-order chi connectivity index (χ0) is 60.7. The molecule has 0 aliphatic carbocycles. The van der Waals surface area contributed by atoms with Gasteiger partial charge >= 0.3 is 0 Å². The maximum absolute atomic E-state index is 13.0. The van der Waals surface area contributed by atoms with Crippen molar-refractivity contribution in [2.75, 3.05) is 130 Å². The van der Waals surface area contributed by atoms with Crippen molar-refractivity contribution >= 4 is 45.8 Å². The van der Waals surface area contributed by atoms with Crippen LogP contribution in [0.5, 0.6) is 11.5 Å². The van der Waals surface area contributed by atoms with Crippen LogP contribution in [-0.4, -0.2) is 155 Å². The van der Waals surface area contributed by atoms with Crippen LogP contribution in [0.1, 0.15) is 147 Å². The van der Waals surface area contributed by atoms with Gasteiger partial charge in [0, 0.05) is 35.8 Å². The topological polar surface area (TPSA) is 175 Å². The number of hydrogen-bond acceptors (Lipinski definition) is 16. The molecule has 4 rings (SSSR count). The molecule has 86 heavy (non-hydrogen) atoms. The lowest BCUT2D eigenvalue weighted by Crippen LogP contribution is -2.17. The van der Waals surface area contributed by atoms with Gasteiger partial charge in [-0.15, -0.1) is 0 Å². The third-order valence-electron chi connectivity index (χ3n) is 13.1. The van der Waals surface area contributed by atoms with Gasteiger partial charge in [0.05, 0.1) is 105 Å². The number of hydrazone groups is 2. The Balaban J connectivity index is 0.734. The molecule has 0 aliphatic heterocycles. The summed E-state index contributed by atoms with van der Waals surface area (Å²) >= 11 is 0. The second kappa shape index (κ2) is 53.1. The predicted molar refractivity (Wildman–Crippen MR) is 341 cm³/mol. The molecule has 0 heterocycles. The van der Waals surface area contributed by atoms with Crippen molar-refractivity contribution in [2.45, 2.75) is 116 Å². The Morgan fingerprint density at radius 1 is 0.326 bits per heavy atom. The number of amides is 2. The quantitative estimate of drug-likeness (QED) is 0.0185. The average molecular weight is 1240 g/mol. The molecule has 2 N–H and O–H groups in total. The van der Waals surface area contributed by atoms with Crippen molar-refractivity contribution in [1.29, 1.82) is 0 Å². The summed E-state index contributed by atoms with van der Waals surface area (Å²) in [5, 5.41) is 7.82. The molecule has 0 bridgehead atoms. The number of carbonyl (C=O) groups is 2. The molecule has 478 valence electrons. The first-order chi connectivity index (χ1) is 42.5. The highest BCUT2D eigenvalue weighted by molar-refractivity contribution is 8.76. The fourth-order valence-corrected chi connectivity index (χ4v) is 10.5. The molecule has 0 aliphatic rings. The molecule has 2 amide bonds. The van der Waals surface area contributed by atoms with Gasteiger partial charge in [0.15, 0.2) is 0 Å². The van der Waals surface area contributed by atoms with E-state index in [0.29, 0.717) is 139 Å². The van der Waals surface area contributed by atoms with Gasteiger partial charge in [-0.05, 0) is 110 Å². The standard InChI is InChI=1S/C66H96F2N4O12S2/c67-61-27-19-57(20-28-61)55-69-71-65(73)59-23-31-63(32-24-59)83-51-49-81-47-45-79-43-41-77-39-37-75-35-15-11-7-3-1-5-9-13-17-53-85-86-54-18-14-10-6-2-4-8-12-16-36-76-38-40-78-42-44-80-46-48-82-50-52-84-64-33-25-60(26-34-64)66(74)72-70-56-58-21-29-62(68)30-22-58/h19-34,55-56H,1-18,35-54H2,(H,71,73)(H,72,74)/b69-55+,70-56+. The second-order valence-corrected chi connectivity index (χ2v) is 22.9. The Bertz CT molecular complexity index is 2150. The second-order valence-electron chi connectivity index (χ2n) is 20.2. The van der Waals surface area contributed by atoms with Crippen LogP contribution >= 0.6 is 21.6 Å². The molecule has 4 aromatic carbocycles. The first kappa shape index (κ1) is 73.5. The largest absolute Gasteiger partial charge is 0.491 e. The molecule has 0 saturated carbocycles. The molecule has 4 aromatic rings. The van der Waals surface area contributed by atoms with Crippen LogP contribution in [0, 0.1) is 11.6 Å². The number of nitrogens with one attached hydrogen (secondary N) is 2. The molecular formula is C66H96F2N4O12S2. The van der Waals surface area contributed by atoms with E-state index in [1.165, 1.54) is 151 Å². The number of benzene rings is 4. The number of hydrogen-bond donors (Lipinski definition) is 2. The van der Waals surface area contributed by atoms with E-state index in [4.69, 9.17) is 47.4 Å². The molecule has 0 aromatic heterocycles. The number of halogens is 2. The minimum atomic E-state index is -0.361. The Labute approximate surface area is 518 Å². The molecule has 0 spiro atoms. The van der Waals surface area contributed by atoms with Crippen LogP contribution in [0.4, 0.5) is 8.78 Å². The fraction of sp³-hybridized carbons (Fsp3) is 0.576. The minimum Gasteiger partial charge on any atom is -0.491 e. The van der Waals surface area contributed by atoms with Gasteiger partial charge in [-0.1, -0.05) is 136 Å². The van der Waals surface area contributed by atoms with Crippen molar-refractivity contribution in [2.24, 2.45) is 10.2 Å². The van der Waals surface area contributed by atoms with Gasteiger partial charge in [-0.25, -0.2) is 19.6 Å². The highest BCUT2D eigenvalue weighted by atomic mass is 33.1. The SMILES string of the molecule is O=C(N/N=C/c1ccc(F)cc1)c1ccc(OCCOCCOCCOCCOCCCCCCCCCCCSSCCCCCCCCCCCOCCOCCOCCOCCOc2ccc(C(=O)N/N=C/c3ccc(F)cc3)cc2)cc1. The van der Waals surface area contributed by atoms with Crippen molar-refractivity contribution in [3.63, 3.8) is 0 Å². The Morgan fingerprint density at radius 3 is 0.884 bits per heavy atom. The van der Waals surface area contributed by atoms with Gasteiger partial charge in [-0.2, -0.15) is 10.2 Å². The summed E-state index contributed by atoms with van der Waals surface area (Å²) in [6.45, 7) is 9.47. The zero-order valence-corrected chi connectivity index (χ0v) is 52.3. The van der Waals surface area contributed by atoms with E-state index in [9.17, 15) is 18.4 Å². The van der Waals surface area contributed by atoms with Gasteiger partial charge in [0.25, 0.3) is 11.8 Å². The summed E-state index contributed by atoms with van der Waals surface area (Å²) < 4.78 is 82.4. The van der Waals surface area contributed by atoms with Crippen molar-refractivity contribution in [3.8, 4) is 11.5 Å². The summed E-state index contributed by atoms with van der Waals surface area (Å²) in [5.74, 6) is 2.43. The van der Waals surface area contributed by atoms with Gasteiger partial charge in [0.1, 0.15) is 36.3 Å². The third kappa shape index (κ3) is 41.2. The lowest BCUT2D eigenvalue weighted by Gasteiger charge is -2.09.